The molecule has 6 nitrogen and oxygen atoms in total. The van der Waals surface area contributed by atoms with Gasteiger partial charge in [-0.2, -0.15) is 13.2 Å². The third-order valence-electron chi connectivity index (χ3n) is 3.72. The molecule has 0 saturated heterocycles. The first-order valence-electron chi connectivity index (χ1n) is 8.67. The fourth-order valence-electron chi connectivity index (χ4n) is 2.25. The van der Waals surface area contributed by atoms with Gasteiger partial charge in [0.15, 0.2) is 12.7 Å². The van der Waals surface area contributed by atoms with Crippen molar-refractivity contribution in [3.63, 3.8) is 0 Å². The van der Waals surface area contributed by atoms with Crippen molar-refractivity contribution in [3.05, 3.63) is 52.5 Å². The van der Waals surface area contributed by atoms with Gasteiger partial charge in [0.2, 0.25) is 0 Å². The van der Waals surface area contributed by atoms with Crippen molar-refractivity contribution in [1.82, 2.24) is 0 Å². The van der Waals surface area contributed by atoms with Gasteiger partial charge in [0.1, 0.15) is 17.2 Å². The maximum atomic E-state index is 12.8. The molecule has 0 bridgehead atoms. The van der Waals surface area contributed by atoms with Crippen molar-refractivity contribution in [2.75, 3.05) is 13.7 Å². The van der Waals surface area contributed by atoms with Gasteiger partial charge in [-0.25, -0.2) is 4.79 Å². The average molecular weight is 456 g/mol. The highest BCUT2D eigenvalue weighted by Gasteiger charge is 2.31. The lowest BCUT2D eigenvalue weighted by atomic mass is 10.2. The zero-order valence-electron chi connectivity index (χ0n) is 16.4. The summed E-state index contributed by atoms with van der Waals surface area (Å²) in [5.41, 5.74) is -0.488. The first-order chi connectivity index (χ1) is 14.7. The predicted molar refractivity (Wildman–Crippen MR) is 107 cm³/mol. The minimum absolute atomic E-state index is 0.000374. The fraction of sp³-hybridized carbons (Fsp3) is 0.238. The summed E-state index contributed by atoms with van der Waals surface area (Å²) >= 11 is 5.93. The second kappa shape index (κ2) is 10.6. The second-order valence-corrected chi connectivity index (χ2v) is 6.35. The Labute approximate surface area is 181 Å². The average Bonchev–Trinajstić information content (AvgIpc) is 2.72. The normalized spacial score (nSPS) is 12.2. The van der Waals surface area contributed by atoms with Crippen molar-refractivity contribution in [2.45, 2.75) is 19.2 Å². The molecule has 0 aliphatic rings. The van der Waals surface area contributed by atoms with Gasteiger partial charge >= 0.3 is 12.1 Å². The molecular weight excluding hydrogens is 439 g/mol. The molecule has 164 valence electrons. The number of alkyl halides is 3. The number of oxime groups is 1. The van der Waals surface area contributed by atoms with Gasteiger partial charge < -0.3 is 19.0 Å². The highest BCUT2D eigenvalue weighted by Crippen LogP contribution is 2.37. The van der Waals surface area contributed by atoms with E-state index in [1.54, 1.807) is 0 Å². The number of carbonyl (C=O) groups is 1. The molecule has 0 fully saturated rings. The van der Waals surface area contributed by atoms with Crippen LogP contribution in [-0.2, 0) is 20.5 Å². The number of hydrogen-bond donors (Lipinski definition) is 0. The molecule has 0 aliphatic carbocycles. The fourth-order valence-corrected chi connectivity index (χ4v) is 2.47. The Hall–Kier alpha value is -3.38. The summed E-state index contributed by atoms with van der Waals surface area (Å²) in [6.45, 7) is 1.43. The number of carbonyl (C=O) groups excluding carboxylic acids is 1. The minimum atomic E-state index is -4.53. The number of nitrogens with zero attached hydrogens (tertiary/aromatic N) is 1. The molecule has 31 heavy (non-hydrogen) atoms. The number of methoxy groups -OCH3 is 1. The van der Waals surface area contributed by atoms with Crippen LogP contribution in [0.1, 0.15) is 18.1 Å². The lowest BCUT2D eigenvalue weighted by molar-refractivity contribution is -0.148. The van der Waals surface area contributed by atoms with E-state index in [-0.39, 0.29) is 28.9 Å². The van der Waals surface area contributed by atoms with Crippen molar-refractivity contribution >= 4 is 23.8 Å². The van der Waals surface area contributed by atoms with E-state index in [0.29, 0.717) is 5.56 Å². The van der Waals surface area contributed by atoms with Crippen LogP contribution in [0.25, 0.3) is 0 Å². The van der Waals surface area contributed by atoms with E-state index in [2.05, 4.69) is 15.8 Å². The number of ether oxygens (including phenoxy) is 3. The Kier molecular flexibility index (Phi) is 8.16. The molecule has 1 atom stereocenters. The van der Waals surface area contributed by atoms with Crippen LogP contribution in [-0.4, -0.2) is 32.0 Å². The molecule has 0 saturated carbocycles. The van der Waals surface area contributed by atoms with Gasteiger partial charge in [0, 0.05) is 11.6 Å². The summed E-state index contributed by atoms with van der Waals surface area (Å²) in [5, 5.41) is 3.46. The lowest BCUT2D eigenvalue weighted by Crippen LogP contribution is -2.25. The van der Waals surface area contributed by atoms with Crippen molar-refractivity contribution in [1.29, 1.82) is 0 Å². The molecule has 10 heteroatoms. The first kappa shape index (κ1) is 23.9. The SMILES string of the molecule is C#CCO/N=C/c1ccc(Oc2ccc(C(F)(F)F)cc2Cl)cc1OC(C)C(=O)OC. The zero-order chi connectivity index (χ0) is 23.0. The van der Waals surface area contributed by atoms with Crippen LogP contribution >= 0.6 is 11.6 Å². The van der Waals surface area contributed by atoms with Gasteiger partial charge in [0.05, 0.1) is 23.9 Å². The molecule has 1 unspecified atom stereocenters. The maximum absolute atomic E-state index is 12.8. The molecule has 0 heterocycles. The quantitative estimate of drug-likeness (QED) is 0.183. The van der Waals surface area contributed by atoms with E-state index in [9.17, 15) is 18.0 Å². The van der Waals surface area contributed by atoms with Gasteiger partial charge in [-0.1, -0.05) is 22.7 Å². The topological polar surface area (TPSA) is 66.3 Å². The van der Waals surface area contributed by atoms with Crippen LogP contribution < -0.4 is 9.47 Å². The number of benzene rings is 2. The first-order valence-corrected chi connectivity index (χ1v) is 9.05. The Morgan fingerprint density at radius 3 is 2.61 bits per heavy atom. The Morgan fingerprint density at radius 1 is 1.26 bits per heavy atom. The summed E-state index contributed by atoms with van der Waals surface area (Å²) in [6, 6.07) is 7.17. The van der Waals surface area contributed by atoms with Crippen LogP contribution in [0, 0.1) is 12.3 Å². The smallest absolute Gasteiger partial charge is 0.416 e. The molecular formula is C21H17ClF3NO5. The molecule has 2 aromatic rings. The predicted octanol–water partition coefficient (Wildman–Crippen LogP) is 5.08. The van der Waals surface area contributed by atoms with Gasteiger partial charge in [-0.05, 0) is 37.3 Å². The molecule has 0 aromatic heterocycles. The molecule has 0 spiro atoms. The summed E-state index contributed by atoms with van der Waals surface area (Å²) in [7, 11) is 1.21. The maximum Gasteiger partial charge on any atom is 0.416 e. The number of halogens is 4. The number of rotatable bonds is 8. The number of hydrogen-bond acceptors (Lipinski definition) is 6. The Balaban J connectivity index is 2.32. The van der Waals surface area contributed by atoms with E-state index in [1.165, 1.54) is 38.4 Å². The third-order valence-corrected chi connectivity index (χ3v) is 4.02. The summed E-state index contributed by atoms with van der Waals surface area (Å²) in [5.74, 6) is 1.99. The van der Waals surface area contributed by atoms with E-state index in [4.69, 9.17) is 32.3 Å². The Morgan fingerprint density at radius 2 is 2.00 bits per heavy atom. The standard InChI is InChI=1S/C21H17ClF3NO5/c1-4-9-29-26-12-14-5-7-16(11-19(14)30-13(2)20(27)28-3)31-18-8-6-15(10-17(18)22)21(23,24)25/h1,5-8,10-13H,9H2,2-3H3/b26-12+. The van der Waals surface area contributed by atoms with Crippen LogP contribution in [0.15, 0.2) is 41.6 Å². The molecule has 0 radical (unpaired) electrons. The minimum Gasteiger partial charge on any atom is -0.478 e. The van der Waals surface area contributed by atoms with E-state index in [0.717, 1.165) is 18.2 Å². The highest BCUT2D eigenvalue weighted by molar-refractivity contribution is 6.32. The van der Waals surface area contributed by atoms with Crippen molar-refractivity contribution in [2.24, 2.45) is 5.16 Å². The second-order valence-electron chi connectivity index (χ2n) is 5.94. The van der Waals surface area contributed by atoms with Gasteiger partial charge in [-0.15, -0.1) is 6.42 Å². The molecule has 2 rings (SSSR count). The van der Waals surface area contributed by atoms with E-state index < -0.39 is 23.8 Å². The third kappa shape index (κ3) is 6.83. The molecule has 0 amide bonds. The largest absolute Gasteiger partial charge is 0.478 e. The van der Waals surface area contributed by atoms with Crippen molar-refractivity contribution in [3.8, 4) is 29.6 Å². The lowest BCUT2D eigenvalue weighted by Gasteiger charge is -2.16. The van der Waals surface area contributed by atoms with Crippen LogP contribution in [0.2, 0.25) is 5.02 Å². The zero-order valence-corrected chi connectivity index (χ0v) is 17.2. The number of terminal acetylenes is 1. The summed E-state index contributed by atoms with van der Waals surface area (Å²) in [4.78, 5) is 16.5. The van der Waals surface area contributed by atoms with E-state index >= 15 is 0 Å². The van der Waals surface area contributed by atoms with Gasteiger partial charge in [0.25, 0.3) is 0 Å². The summed E-state index contributed by atoms with van der Waals surface area (Å²) < 4.78 is 54.2. The monoisotopic (exact) mass is 455 g/mol. The van der Waals surface area contributed by atoms with Crippen LogP contribution in [0.3, 0.4) is 0 Å². The molecule has 0 aliphatic heterocycles. The van der Waals surface area contributed by atoms with E-state index in [1.807, 2.05) is 0 Å². The Bertz CT molecular complexity index is 1000. The molecule has 2 aromatic carbocycles. The van der Waals surface area contributed by atoms with Gasteiger partial charge in [-0.3, -0.25) is 0 Å². The molecule has 0 N–H and O–H groups in total. The van der Waals surface area contributed by atoms with Crippen LogP contribution in [0.5, 0.6) is 17.2 Å². The number of esters is 1. The van der Waals surface area contributed by atoms with Crippen LogP contribution in [0.4, 0.5) is 13.2 Å². The van der Waals surface area contributed by atoms with Crippen molar-refractivity contribution < 1.29 is 37.0 Å². The summed E-state index contributed by atoms with van der Waals surface area (Å²) in [6.07, 6.45) is 0.891. The highest BCUT2D eigenvalue weighted by atomic mass is 35.5.